The molecule has 2 unspecified atom stereocenters. The highest BCUT2D eigenvalue weighted by molar-refractivity contribution is 5.16. The molecule has 0 aliphatic carbocycles. The van der Waals surface area contributed by atoms with Gasteiger partial charge >= 0.3 is 0 Å². The third-order valence-electron chi connectivity index (χ3n) is 3.80. The average molecular weight is 262 g/mol. The summed E-state index contributed by atoms with van der Waals surface area (Å²) in [5.41, 5.74) is 1.42. The van der Waals surface area contributed by atoms with Gasteiger partial charge in [0.25, 0.3) is 0 Å². The Morgan fingerprint density at radius 2 is 2.16 bits per heavy atom. The summed E-state index contributed by atoms with van der Waals surface area (Å²) in [5.74, 6) is 0. The Morgan fingerprint density at radius 1 is 1.37 bits per heavy atom. The molecule has 1 heterocycles. The van der Waals surface area contributed by atoms with Gasteiger partial charge in [0.05, 0.1) is 6.61 Å². The number of ether oxygens (including phenoxy) is 1. The molecule has 1 aliphatic rings. The summed E-state index contributed by atoms with van der Waals surface area (Å²) in [6, 6.07) is 11.8. The van der Waals surface area contributed by atoms with E-state index in [0.29, 0.717) is 12.1 Å². The number of nitrogens with zero attached hydrogens (tertiary/aromatic N) is 1. The molecule has 1 fully saturated rings. The average Bonchev–Trinajstić information content (AvgIpc) is 2.46. The number of hydrogen-bond acceptors (Lipinski definition) is 3. The molecule has 1 aromatic carbocycles. The standard InChI is InChI=1S/C16H26N2O/c1-3-19-13-14(2)18-10-9-17-16(12-18)11-15-7-5-4-6-8-15/h4-8,14,16-17H,3,9-13H2,1-2H3. The molecule has 1 N–H and O–H groups in total. The molecule has 1 aliphatic heterocycles. The summed E-state index contributed by atoms with van der Waals surface area (Å²) in [7, 11) is 0. The third kappa shape index (κ3) is 4.60. The minimum absolute atomic E-state index is 0.514. The number of rotatable bonds is 6. The molecule has 3 heteroatoms. The van der Waals surface area contributed by atoms with Gasteiger partial charge in [0.2, 0.25) is 0 Å². The van der Waals surface area contributed by atoms with Crippen LogP contribution in [0.15, 0.2) is 30.3 Å². The monoisotopic (exact) mass is 262 g/mol. The minimum Gasteiger partial charge on any atom is -0.380 e. The molecular weight excluding hydrogens is 236 g/mol. The highest BCUT2D eigenvalue weighted by atomic mass is 16.5. The van der Waals surface area contributed by atoms with Crippen LogP contribution in [-0.4, -0.2) is 49.8 Å². The zero-order valence-corrected chi connectivity index (χ0v) is 12.1. The van der Waals surface area contributed by atoms with E-state index in [9.17, 15) is 0 Å². The molecule has 3 nitrogen and oxygen atoms in total. The number of benzene rings is 1. The Hall–Kier alpha value is -0.900. The Kier molecular flexibility index (Phi) is 5.83. The molecule has 0 amide bonds. The van der Waals surface area contributed by atoms with Crippen LogP contribution in [0.5, 0.6) is 0 Å². The lowest BCUT2D eigenvalue weighted by Crippen LogP contribution is -2.54. The van der Waals surface area contributed by atoms with Gasteiger partial charge in [-0.05, 0) is 25.8 Å². The van der Waals surface area contributed by atoms with Crippen LogP contribution in [0.3, 0.4) is 0 Å². The zero-order chi connectivity index (χ0) is 13.5. The molecule has 106 valence electrons. The lowest BCUT2D eigenvalue weighted by Gasteiger charge is -2.37. The molecule has 19 heavy (non-hydrogen) atoms. The van der Waals surface area contributed by atoms with E-state index in [2.05, 4.69) is 54.4 Å². The number of hydrogen-bond donors (Lipinski definition) is 1. The largest absolute Gasteiger partial charge is 0.380 e. The van der Waals surface area contributed by atoms with Crippen LogP contribution in [-0.2, 0) is 11.2 Å². The second-order valence-corrected chi connectivity index (χ2v) is 5.34. The maximum atomic E-state index is 5.54. The molecule has 1 aromatic rings. The van der Waals surface area contributed by atoms with E-state index < -0.39 is 0 Å². The van der Waals surface area contributed by atoms with E-state index in [1.54, 1.807) is 0 Å². The maximum Gasteiger partial charge on any atom is 0.0619 e. The van der Waals surface area contributed by atoms with Crippen LogP contribution in [0, 0.1) is 0 Å². The molecule has 1 saturated heterocycles. The van der Waals surface area contributed by atoms with Crippen molar-refractivity contribution in [3.63, 3.8) is 0 Å². The van der Waals surface area contributed by atoms with Gasteiger partial charge in [-0.3, -0.25) is 4.90 Å². The molecule has 0 spiro atoms. The summed E-state index contributed by atoms with van der Waals surface area (Å²) >= 11 is 0. The lowest BCUT2D eigenvalue weighted by molar-refractivity contribution is 0.0583. The van der Waals surface area contributed by atoms with Gasteiger partial charge in [0.15, 0.2) is 0 Å². The van der Waals surface area contributed by atoms with Gasteiger partial charge in [-0.2, -0.15) is 0 Å². The van der Waals surface area contributed by atoms with Crippen molar-refractivity contribution < 1.29 is 4.74 Å². The summed E-state index contributed by atoms with van der Waals surface area (Å²) in [6.07, 6.45) is 1.11. The first kappa shape index (κ1) is 14.5. The predicted molar refractivity (Wildman–Crippen MR) is 79.5 cm³/mol. The Balaban J connectivity index is 1.83. The van der Waals surface area contributed by atoms with Gasteiger partial charge < -0.3 is 10.1 Å². The highest BCUT2D eigenvalue weighted by Gasteiger charge is 2.23. The number of piperazine rings is 1. The molecule has 2 rings (SSSR count). The van der Waals surface area contributed by atoms with Crippen LogP contribution >= 0.6 is 0 Å². The maximum absolute atomic E-state index is 5.54. The molecule has 2 atom stereocenters. The van der Waals surface area contributed by atoms with E-state index in [-0.39, 0.29) is 0 Å². The Bertz CT molecular complexity index is 355. The molecule has 0 aromatic heterocycles. The topological polar surface area (TPSA) is 24.5 Å². The second kappa shape index (κ2) is 7.63. The highest BCUT2D eigenvalue weighted by Crippen LogP contribution is 2.10. The van der Waals surface area contributed by atoms with Crippen molar-refractivity contribution in [3.8, 4) is 0 Å². The normalized spacial score (nSPS) is 22.3. The number of nitrogens with one attached hydrogen (secondary N) is 1. The van der Waals surface area contributed by atoms with Crippen LogP contribution in [0.2, 0.25) is 0 Å². The van der Waals surface area contributed by atoms with Crippen molar-refractivity contribution in [2.45, 2.75) is 32.4 Å². The summed E-state index contributed by atoms with van der Waals surface area (Å²) < 4.78 is 5.54. The van der Waals surface area contributed by atoms with E-state index in [0.717, 1.165) is 39.3 Å². The van der Waals surface area contributed by atoms with Crippen molar-refractivity contribution in [2.75, 3.05) is 32.8 Å². The van der Waals surface area contributed by atoms with Crippen molar-refractivity contribution in [3.05, 3.63) is 35.9 Å². The van der Waals surface area contributed by atoms with E-state index >= 15 is 0 Å². The van der Waals surface area contributed by atoms with Gasteiger partial charge in [-0.25, -0.2) is 0 Å². The van der Waals surface area contributed by atoms with Crippen LogP contribution < -0.4 is 5.32 Å². The van der Waals surface area contributed by atoms with Gasteiger partial charge in [0, 0.05) is 38.3 Å². The summed E-state index contributed by atoms with van der Waals surface area (Å²) in [6.45, 7) is 9.29. The first-order valence-corrected chi connectivity index (χ1v) is 7.38. The fraction of sp³-hybridized carbons (Fsp3) is 0.625. The van der Waals surface area contributed by atoms with Crippen molar-refractivity contribution in [1.29, 1.82) is 0 Å². The van der Waals surface area contributed by atoms with Crippen LogP contribution in [0.25, 0.3) is 0 Å². The first-order chi connectivity index (χ1) is 9.29. The third-order valence-corrected chi connectivity index (χ3v) is 3.80. The fourth-order valence-electron chi connectivity index (χ4n) is 2.68. The molecular formula is C16H26N2O. The summed E-state index contributed by atoms with van der Waals surface area (Å²) in [5, 5.41) is 3.63. The quantitative estimate of drug-likeness (QED) is 0.848. The fourth-order valence-corrected chi connectivity index (χ4v) is 2.68. The Morgan fingerprint density at radius 3 is 2.89 bits per heavy atom. The first-order valence-electron chi connectivity index (χ1n) is 7.38. The lowest BCUT2D eigenvalue weighted by atomic mass is 10.0. The van der Waals surface area contributed by atoms with E-state index in [1.165, 1.54) is 5.56 Å². The summed E-state index contributed by atoms with van der Waals surface area (Å²) in [4.78, 5) is 2.54. The molecule has 0 radical (unpaired) electrons. The van der Waals surface area contributed by atoms with E-state index in [4.69, 9.17) is 4.74 Å². The second-order valence-electron chi connectivity index (χ2n) is 5.34. The van der Waals surface area contributed by atoms with E-state index in [1.807, 2.05) is 0 Å². The Labute approximate surface area is 116 Å². The smallest absolute Gasteiger partial charge is 0.0619 e. The van der Waals surface area contributed by atoms with Crippen LogP contribution in [0.1, 0.15) is 19.4 Å². The van der Waals surface area contributed by atoms with Crippen molar-refractivity contribution in [2.24, 2.45) is 0 Å². The predicted octanol–water partition coefficient (Wildman–Crippen LogP) is 1.93. The molecule has 0 saturated carbocycles. The van der Waals surface area contributed by atoms with Gasteiger partial charge in [-0.15, -0.1) is 0 Å². The molecule has 0 bridgehead atoms. The van der Waals surface area contributed by atoms with Crippen molar-refractivity contribution in [1.82, 2.24) is 10.2 Å². The SMILES string of the molecule is CCOCC(C)N1CCNC(Cc2ccccc2)C1. The van der Waals surface area contributed by atoms with Gasteiger partial charge in [-0.1, -0.05) is 30.3 Å². The van der Waals surface area contributed by atoms with Crippen LogP contribution in [0.4, 0.5) is 0 Å². The zero-order valence-electron chi connectivity index (χ0n) is 12.1. The van der Waals surface area contributed by atoms with Crippen molar-refractivity contribution >= 4 is 0 Å². The van der Waals surface area contributed by atoms with Gasteiger partial charge in [0.1, 0.15) is 0 Å². The minimum atomic E-state index is 0.514.